The maximum absolute atomic E-state index is 11.6. The molecule has 13 heavy (non-hydrogen) atoms. The van der Waals surface area contributed by atoms with Crippen molar-refractivity contribution in [2.24, 2.45) is 10.5 Å². The van der Waals surface area contributed by atoms with Crippen molar-refractivity contribution in [2.45, 2.75) is 40.4 Å². The zero-order chi connectivity index (χ0) is 10.7. The number of nitrogens with zero attached hydrogens (tertiary/aromatic N) is 1. The summed E-state index contributed by atoms with van der Waals surface area (Å²) in [6, 6.07) is 0. The van der Waals surface area contributed by atoms with Gasteiger partial charge in [-0.25, -0.2) is 5.43 Å². The van der Waals surface area contributed by atoms with Crippen molar-refractivity contribution in [3.63, 3.8) is 0 Å². The van der Waals surface area contributed by atoms with E-state index in [1.165, 1.54) is 0 Å². The predicted molar refractivity (Wildman–Crippen MR) is 46.4 cm³/mol. The number of hydrogen-bond donors (Lipinski definition) is 1. The van der Waals surface area contributed by atoms with Crippen LogP contribution in [-0.4, -0.2) is 12.0 Å². The molecule has 0 amide bonds. The summed E-state index contributed by atoms with van der Waals surface area (Å²) < 4.78 is 34.9. The molecule has 0 aromatic carbocycles. The van der Waals surface area contributed by atoms with Crippen LogP contribution in [0.2, 0.25) is 0 Å². The zero-order valence-electron chi connectivity index (χ0n) is 8.29. The second kappa shape index (κ2) is 3.98. The van der Waals surface area contributed by atoms with Gasteiger partial charge in [0.15, 0.2) is 0 Å². The number of alkyl halides is 3. The van der Waals surface area contributed by atoms with Crippen LogP contribution in [0, 0.1) is 5.41 Å². The number of hydrazone groups is 1. The van der Waals surface area contributed by atoms with E-state index in [1.54, 1.807) is 6.92 Å². The molecule has 2 nitrogen and oxygen atoms in total. The molecular formula is C8H15F3N2. The SMILES string of the molecule is C/C(CC(C)(C)C)=N\NC(F)(F)F. The van der Waals surface area contributed by atoms with E-state index in [0.29, 0.717) is 12.1 Å². The Morgan fingerprint density at radius 3 is 2.00 bits per heavy atom. The first-order valence-electron chi connectivity index (χ1n) is 3.97. The molecule has 0 aromatic heterocycles. The third kappa shape index (κ3) is 9.17. The van der Waals surface area contributed by atoms with Crippen molar-refractivity contribution >= 4 is 5.71 Å². The van der Waals surface area contributed by atoms with Gasteiger partial charge in [0.05, 0.1) is 0 Å². The summed E-state index contributed by atoms with van der Waals surface area (Å²) in [5, 5.41) is 3.22. The Balaban J connectivity index is 4.05. The van der Waals surface area contributed by atoms with E-state index < -0.39 is 6.30 Å². The van der Waals surface area contributed by atoms with Crippen molar-refractivity contribution in [1.82, 2.24) is 5.43 Å². The molecule has 0 rings (SSSR count). The van der Waals surface area contributed by atoms with Crippen molar-refractivity contribution in [3.8, 4) is 0 Å². The average Bonchev–Trinajstić information content (AvgIpc) is 1.78. The van der Waals surface area contributed by atoms with Crippen LogP contribution in [0.5, 0.6) is 0 Å². The minimum atomic E-state index is -4.43. The molecule has 0 aliphatic carbocycles. The first-order valence-corrected chi connectivity index (χ1v) is 3.97. The molecule has 5 heteroatoms. The monoisotopic (exact) mass is 196 g/mol. The molecule has 0 unspecified atom stereocenters. The molecule has 1 N–H and O–H groups in total. The van der Waals surface area contributed by atoms with Gasteiger partial charge in [-0.3, -0.25) is 0 Å². The first-order chi connectivity index (χ1) is 5.60. The number of nitrogens with one attached hydrogen (secondary N) is 1. The molecule has 0 aliphatic heterocycles. The van der Waals surface area contributed by atoms with Crippen LogP contribution in [-0.2, 0) is 0 Å². The van der Waals surface area contributed by atoms with Gasteiger partial charge in [0.1, 0.15) is 0 Å². The highest BCUT2D eigenvalue weighted by Crippen LogP contribution is 2.19. The maximum Gasteiger partial charge on any atom is 0.497 e. The molecule has 78 valence electrons. The number of hydrogen-bond acceptors (Lipinski definition) is 2. The van der Waals surface area contributed by atoms with Crippen LogP contribution < -0.4 is 5.43 Å². The lowest BCUT2D eigenvalue weighted by molar-refractivity contribution is -0.156. The third-order valence-corrected chi connectivity index (χ3v) is 1.16. The second-order valence-electron chi connectivity index (χ2n) is 4.19. The van der Waals surface area contributed by atoms with E-state index in [4.69, 9.17) is 0 Å². The minimum absolute atomic E-state index is 0.0408. The molecule has 0 fully saturated rings. The Kier molecular flexibility index (Phi) is 3.75. The Bertz CT molecular complexity index is 189. The van der Waals surface area contributed by atoms with Gasteiger partial charge in [-0.2, -0.15) is 5.10 Å². The van der Waals surface area contributed by atoms with Gasteiger partial charge in [-0.1, -0.05) is 20.8 Å². The minimum Gasteiger partial charge on any atom is -0.218 e. The van der Waals surface area contributed by atoms with Crippen LogP contribution in [0.25, 0.3) is 0 Å². The lowest BCUT2D eigenvalue weighted by Crippen LogP contribution is -2.28. The highest BCUT2D eigenvalue weighted by molar-refractivity contribution is 5.82. The molecule has 0 aromatic rings. The van der Waals surface area contributed by atoms with E-state index in [0.717, 1.165) is 5.43 Å². The topological polar surface area (TPSA) is 24.4 Å². The van der Waals surface area contributed by atoms with Gasteiger partial charge in [-0.05, 0) is 18.8 Å². The van der Waals surface area contributed by atoms with Crippen LogP contribution in [0.15, 0.2) is 5.10 Å². The summed E-state index contributed by atoms with van der Waals surface area (Å²) in [6.07, 6.45) is -3.89. The lowest BCUT2D eigenvalue weighted by atomic mass is 9.90. The Morgan fingerprint density at radius 1 is 1.23 bits per heavy atom. The van der Waals surface area contributed by atoms with Crippen LogP contribution in [0.4, 0.5) is 13.2 Å². The molecule has 0 heterocycles. The number of rotatable bonds is 2. The van der Waals surface area contributed by atoms with E-state index in [-0.39, 0.29) is 5.41 Å². The van der Waals surface area contributed by atoms with Gasteiger partial charge in [0, 0.05) is 5.71 Å². The summed E-state index contributed by atoms with van der Waals surface area (Å²) in [4.78, 5) is 0. The van der Waals surface area contributed by atoms with Gasteiger partial charge in [0.25, 0.3) is 0 Å². The molecule has 0 aliphatic rings. The fraction of sp³-hybridized carbons (Fsp3) is 0.875. The Labute approximate surface area is 76.2 Å². The standard InChI is InChI=1S/C8H15F3N2/c1-6(5-7(2,3)4)12-13-8(9,10)11/h13H,5H2,1-4H3/b12-6+. The second-order valence-corrected chi connectivity index (χ2v) is 4.19. The fourth-order valence-electron chi connectivity index (χ4n) is 0.966. The predicted octanol–water partition coefficient (Wildman–Crippen LogP) is 2.91. The normalized spacial score (nSPS) is 14.5. The van der Waals surface area contributed by atoms with E-state index in [2.05, 4.69) is 5.10 Å². The maximum atomic E-state index is 11.6. The molecule has 0 saturated heterocycles. The molecular weight excluding hydrogens is 181 g/mol. The van der Waals surface area contributed by atoms with Crippen molar-refractivity contribution in [1.29, 1.82) is 0 Å². The summed E-state index contributed by atoms with van der Waals surface area (Å²) in [7, 11) is 0. The van der Waals surface area contributed by atoms with Gasteiger partial charge < -0.3 is 0 Å². The molecule has 0 bridgehead atoms. The van der Waals surface area contributed by atoms with E-state index in [1.807, 2.05) is 20.8 Å². The largest absolute Gasteiger partial charge is 0.497 e. The third-order valence-electron chi connectivity index (χ3n) is 1.16. The van der Waals surface area contributed by atoms with Crippen molar-refractivity contribution in [2.75, 3.05) is 0 Å². The van der Waals surface area contributed by atoms with Crippen molar-refractivity contribution < 1.29 is 13.2 Å². The summed E-state index contributed by atoms with van der Waals surface area (Å²) in [5.74, 6) is 0. The van der Waals surface area contributed by atoms with Gasteiger partial charge >= 0.3 is 6.30 Å². The fourth-order valence-corrected chi connectivity index (χ4v) is 0.966. The quantitative estimate of drug-likeness (QED) is 0.410. The molecule has 0 radical (unpaired) electrons. The highest BCUT2D eigenvalue weighted by Gasteiger charge is 2.26. The van der Waals surface area contributed by atoms with Crippen LogP contribution >= 0.6 is 0 Å². The summed E-state index contributed by atoms with van der Waals surface area (Å²) >= 11 is 0. The summed E-state index contributed by atoms with van der Waals surface area (Å²) in [6.45, 7) is 7.41. The number of halogens is 3. The Hall–Kier alpha value is -0.740. The Morgan fingerprint density at radius 2 is 1.69 bits per heavy atom. The smallest absolute Gasteiger partial charge is 0.218 e. The van der Waals surface area contributed by atoms with Gasteiger partial charge in [0.2, 0.25) is 0 Å². The van der Waals surface area contributed by atoms with E-state index >= 15 is 0 Å². The zero-order valence-corrected chi connectivity index (χ0v) is 8.29. The molecule has 0 saturated carbocycles. The van der Waals surface area contributed by atoms with Gasteiger partial charge in [-0.15, -0.1) is 13.2 Å². The average molecular weight is 196 g/mol. The molecule has 0 atom stereocenters. The lowest BCUT2D eigenvalue weighted by Gasteiger charge is -2.17. The first kappa shape index (κ1) is 12.3. The summed E-state index contributed by atoms with van der Waals surface area (Å²) in [5.41, 5.74) is 1.54. The van der Waals surface area contributed by atoms with Crippen molar-refractivity contribution in [3.05, 3.63) is 0 Å². The molecule has 0 spiro atoms. The van der Waals surface area contributed by atoms with E-state index in [9.17, 15) is 13.2 Å². The van der Waals surface area contributed by atoms with Crippen LogP contribution in [0.1, 0.15) is 34.1 Å². The highest BCUT2D eigenvalue weighted by atomic mass is 19.4. The van der Waals surface area contributed by atoms with Crippen LogP contribution in [0.3, 0.4) is 0 Å².